The molecule has 0 bridgehead atoms. The monoisotopic (exact) mass is 576 g/mol. The Kier molecular flexibility index (Phi) is 7.77. The lowest BCUT2D eigenvalue weighted by atomic mass is 10.1. The van der Waals surface area contributed by atoms with Crippen LogP contribution in [-0.2, 0) is 11.2 Å². The molecular weight excluding hydrogens is 547 g/mol. The topological polar surface area (TPSA) is 104 Å². The molecule has 1 atom stereocenters. The average molecular weight is 577 g/mol. The van der Waals surface area contributed by atoms with Crippen molar-refractivity contribution in [1.82, 2.24) is 24.4 Å². The van der Waals surface area contributed by atoms with Crippen molar-refractivity contribution in [2.45, 2.75) is 39.7 Å². The minimum atomic E-state index is -0.737. The SMILES string of the molecule is C=CC(=O)N1CCN(c2nc(=O)n(-c3c(C)ccnc3CCC)c3nc(-c4c(O)cccc4Cl)c(F)cc23)[C@@H](C)C1. The third-order valence-electron chi connectivity index (χ3n) is 7.33. The number of hydrogen-bond acceptors (Lipinski definition) is 7. The van der Waals surface area contributed by atoms with Crippen molar-refractivity contribution in [2.24, 2.45) is 0 Å². The Morgan fingerprint density at radius 2 is 2.05 bits per heavy atom. The first-order valence-electron chi connectivity index (χ1n) is 13.4. The second kappa shape index (κ2) is 11.3. The summed E-state index contributed by atoms with van der Waals surface area (Å²) in [6.07, 6.45) is 4.34. The highest BCUT2D eigenvalue weighted by Gasteiger charge is 2.30. The Balaban J connectivity index is 1.82. The van der Waals surface area contributed by atoms with E-state index in [-0.39, 0.29) is 45.4 Å². The van der Waals surface area contributed by atoms with Gasteiger partial charge in [-0.15, -0.1) is 0 Å². The molecule has 1 aliphatic heterocycles. The fourth-order valence-electron chi connectivity index (χ4n) is 5.38. The number of hydrogen-bond donors (Lipinski definition) is 1. The lowest BCUT2D eigenvalue weighted by Gasteiger charge is -2.40. The molecule has 0 spiro atoms. The first kappa shape index (κ1) is 28.2. The zero-order chi connectivity index (χ0) is 29.4. The number of phenolic OH excluding ortho intramolecular Hbond substituents is 1. The number of anilines is 1. The van der Waals surface area contributed by atoms with E-state index in [4.69, 9.17) is 11.6 Å². The van der Waals surface area contributed by atoms with Gasteiger partial charge in [-0.2, -0.15) is 4.98 Å². The van der Waals surface area contributed by atoms with Gasteiger partial charge < -0.3 is 14.9 Å². The van der Waals surface area contributed by atoms with Gasteiger partial charge in [0.1, 0.15) is 17.3 Å². The van der Waals surface area contributed by atoms with Crippen LogP contribution in [0.5, 0.6) is 5.75 Å². The minimum absolute atomic E-state index is 0.0209. The van der Waals surface area contributed by atoms with Gasteiger partial charge in [-0.1, -0.05) is 37.6 Å². The number of carbonyl (C=O) groups is 1. The Labute approximate surface area is 241 Å². The third kappa shape index (κ3) is 5.04. The summed E-state index contributed by atoms with van der Waals surface area (Å²) in [6, 6.07) is 7.31. The number of nitrogens with zero attached hydrogens (tertiary/aromatic N) is 6. The van der Waals surface area contributed by atoms with E-state index in [9.17, 15) is 14.7 Å². The molecule has 0 saturated carbocycles. The van der Waals surface area contributed by atoms with E-state index in [0.29, 0.717) is 42.8 Å². The number of carbonyl (C=O) groups excluding carboxylic acids is 1. The number of fused-ring (bicyclic) bond motifs is 1. The summed E-state index contributed by atoms with van der Waals surface area (Å²) in [5.74, 6) is -0.900. The van der Waals surface area contributed by atoms with Gasteiger partial charge in [0.15, 0.2) is 11.5 Å². The molecule has 4 aromatic rings. The number of pyridine rings is 2. The Morgan fingerprint density at radius 1 is 1.27 bits per heavy atom. The largest absolute Gasteiger partial charge is 0.507 e. The summed E-state index contributed by atoms with van der Waals surface area (Å²) >= 11 is 6.39. The molecule has 212 valence electrons. The van der Waals surface area contributed by atoms with Gasteiger partial charge in [0.05, 0.1) is 27.4 Å². The molecule has 1 aromatic carbocycles. The highest BCUT2D eigenvalue weighted by molar-refractivity contribution is 6.33. The highest BCUT2D eigenvalue weighted by atomic mass is 35.5. The molecule has 1 amide bonds. The summed E-state index contributed by atoms with van der Waals surface area (Å²) in [7, 11) is 0. The average Bonchev–Trinajstić information content (AvgIpc) is 2.94. The van der Waals surface area contributed by atoms with E-state index in [2.05, 4.69) is 21.5 Å². The van der Waals surface area contributed by atoms with Crippen molar-refractivity contribution in [3.8, 4) is 22.7 Å². The van der Waals surface area contributed by atoms with E-state index in [1.54, 1.807) is 23.2 Å². The highest BCUT2D eigenvalue weighted by Crippen LogP contribution is 2.38. The van der Waals surface area contributed by atoms with E-state index >= 15 is 4.39 Å². The van der Waals surface area contributed by atoms with E-state index in [1.165, 1.54) is 28.8 Å². The molecule has 3 aromatic heterocycles. The normalized spacial score (nSPS) is 15.4. The molecule has 5 rings (SSSR count). The third-order valence-corrected chi connectivity index (χ3v) is 7.64. The number of rotatable bonds is 6. The summed E-state index contributed by atoms with van der Waals surface area (Å²) < 4.78 is 17.3. The molecule has 11 heteroatoms. The second-order valence-corrected chi connectivity index (χ2v) is 10.5. The number of benzene rings is 1. The van der Waals surface area contributed by atoms with Crippen LogP contribution < -0.4 is 10.6 Å². The van der Waals surface area contributed by atoms with Crippen molar-refractivity contribution in [1.29, 1.82) is 0 Å². The predicted molar refractivity (Wildman–Crippen MR) is 157 cm³/mol. The number of aromatic nitrogens is 4. The van der Waals surface area contributed by atoms with Crippen molar-refractivity contribution >= 4 is 34.4 Å². The van der Waals surface area contributed by atoms with Gasteiger partial charge in [0, 0.05) is 31.9 Å². The molecule has 4 heterocycles. The molecule has 0 aliphatic carbocycles. The van der Waals surface area contributed by atoms with Gasteiger partial charge in [0.2, 0.25) is 5.91 Å². The molecule has 0 radical (unpaired) electrons. The van der Waals surface area contributed by atoms with Crippen LogP contribution in [0.1, 0.15) is 31.5 Å². The van der Waals surface area contributed by atoms with Crippen molar-refractivity contribution < 1.29 is 14.3 Å². The number of aryl methyl sites for hydroxylation is 2. The van der Waals surface area contributed by atoms with Crippen LogP contribution in [0.25, 0.3) is 28.0 Å². The number of amides is 1. The molecule has 1 fully saturated rings. The molecule has 1 aliphatic rings. The molecule has 41 heavy (non-hydrogen) atoms. The predicted octanol–water partition coefficient (Wildman–Crippen LogP) is 4.82. The van der Waals surface area contributed by atoms with Crippen molar-refractivity contribution in [3.63, 3.8) is 0 Å². The van der Waals surface area contributed by atoms with Crippen LogP contribution in [0.2, 0.25) is 5.02 Å². The lowest BCUT2D eigenvalue weighted by Crippen LogP contribution is -2.54. The van der Waals surface area contributed by atoms with Crippen LogP contribution in [0.15, 0.2) is 54.0 Å². The van der Waals surface area contributed by atoms with Gasteiger partial charge in [0.25, 0.3) is 0 Å². The van der Waals surface area contributed by atoms with E-state index in [0.717, 1.165) is 12.0 Å². The quantitative estimate of drug-likeness (QED) is 0.328. The van der Waals surface area contributed by atoms with Gasteiger partial charge >= 0.3 is 5.69 Å². The second-order valence-electron chi connectivity index (χ2n) is 10.1. The first-order valence-corrected chi connectivity index (χ1v) is 13.8. The van der Waals surface area contributed by atoms with Gasteiger partial charge in [-0.3, -0.25) is 9.78 Å². The molecular formula is C30H30ClFN6O3. The van der Waals surface area contributed by atoms with Crippen LogP contribution in [-0.4, -0.2) is 61.1 Å². The van der Waals surface area contributed by atoms with Crippen LogP contribution >= 0.6 is 11.6 Å². The number of aromatic hydroxyl groups is 1. The van der Waals surface area contributed by atoms with E-state index < -0.39 is 11.5 Å². The van der Waals surface area contributed by atoms with Crippen molar-refractivity contribution in [3.05, 3.63) is 81.8 Å². The summed E-state index contributed by atoms with van der Waals surface area (Å²) in [5, 5.41) is 11.0. The number of piperazine rings is 1. The summed E-state index contributed by atoms with van der Waals surface area (Å²) in [6.45, 7) is 10.5. The van der Waals surface area contributed by atoms with Crippen LogP contribution in [0.3, 0.4) is 0 Å². The molecule has 9 nitrogen and oxygen atoms in total. The summed E-state index contributed by atoms with van der Waals surface area (Å²) in [4.78, 5) is 43.4. The van der Waals surface area contributed by atoms with Crippen LogP contribution in [0.4, 0.5) is 10.2 Å². The molecule has 1 saturated heterocycles. The number of phenols is 1. The fraction of sp³-hybridized carbons (Fsp3) is 0.300. The lowest BCUT2D eigenvalue weighted by molar-refractivity contribution is -0.126. The van der Waals surface area contributed by atoms with Crippen LogP contribution in [0, 0.1) is 12.7 Å². The Bertz CT molecular complexity index is 1720. The maximum absolute atomic E-state index is 15.9. The number of halogens is 2. The first-order chi connectivity index (χ1) is 19.7. The Hall–Kier alpha value is -4.31. The maximum Gasteiger partial charge on any atom is 0.355 e. The summed E-state index contributed by atoms with van der Waals surface area (Å²) in [5.41, 5.74) is 1.37. The zero-order valence-corrected chi connectivity index (χ0v) is 23.8. The zero-order valence-electron chi connectivity index (χ0n) is 23.1. The molecule has 0 unspecified atom stereocenters. The van der Waals surface area contributed by atoms with Gasteiger partial charge in [-0.25, -0.2) is 18.7 Å². The Morgan fingerprint density at radius 3 is 2.73 bits per heavy atom. The minimum Gasteiger partial charge on any atom is -0.507 e. The molecule has 1 N–H and O–H groups in total. The smallest absolute Gasteiger partial charge is 0.355 e. The standard InChI is InChI=1S/C30H30ClFN6O3/c1-5-8-22-27(17(3)11-12-33-22)38-29-19(15-21(32)26(34-29)25-20(31)9-7-10-23(25)39)28(35-30(38)41)37-14-13-36(16-18(37)4)24(40)6-2/h6-7,9-12,15,18,39H,2,5,8,13-14,16H2,1,3-4H3/t18-/m0/s1. The van der Waals surface area contributed by atoms with Crippen molar-refractivity contribution in [2.75, 3.05) is 24.5 Å². The van der Waals surface area contributed by atoms with E-state index in [1.807, 2.05) is 25.7 Å². The van der Waals surface area contributed by atoms with Gasteiger partial charge in [-0.05, 0) is 56.2 Å². The fourth-order valence-corrected chi connectivity index (χ4v) is 5.64. The maximum atomic E-state index is 15.9.